The normalized spacial score (nSPS) is 16.6. The van der Waals surface area contributed by atoms with Crippen LogP contribution in [0.5, 0.6) is 0 Å². The number of aliphatic carboxylic acids is 1. The summed E-state index contributed by atoms with van der Waals surface area (Å²) in [6, 6.07) is 0. The summed E-state index contributed by atoms with van der Waals surface area (Å²) in [5.41, 5.74) is 0. The van der Waals surface area contributed by atoms with Crippen molar-refractivity contribution >= 4 is 5.97 Å². The van der Waals surface area contributed by atoms with Gasteiger partial charge in [-0.05, 0) is 0 Å². The third kappa shape index (κ3) is 9.17. The molecule has 0 aliphatic rings. The number of rotatable bonds is 5. The number of hydrogen-bond acceptors (Lipinski definition) is 7. The number of carbonyl (C=O) groups excluding carboxylic acids is 1. The van der Waals surface area contributed by atoms with Gasteiger partial charge in [0.2, 0.25) is 0 Å². The van der Waals surface area contributed by atoms with Gasteiger partial charge in [-0.3, -0.25) is 0 Å². The topological polar surface area (TPSA) is 141 Å². The van der Waals surface area contributed by atoms with Crippen LogP contribution in [0, 0.1) is 0 Å². The Kier molecular flexibility index (Phi) is 22.7. The molecule has 16 heavy (non-hydrogen) atoms. The van der Waals surface area contributed by atoms with E-state index in [-0.39, 0.29) is 93.3 Å². The van der Waals surface area contributed by atoms with Gasteiger partial charge in [-0.1, -0.05) is 0 Å². The molecule has 0 heterocycles. The maximum Gasteiger partial charge on any atom is 1.00 e. The number of hydrogen-bond donors (Lipinski definition) is 5. The van der Waals surface area contributed by atoms with Crippen LogP contribution in [0.3, 0.4) is 0 Å². The Morgan fingerprint density at radius 2 is 1.50 bits per heavy atom. The van der Waals surface area contributed by atoms with Crippen LogP contribution in [0.4, 0.5) is 0 Å². The minimum Gasteiger partial charge on any atom is -1.00 e. The van der Waals surface area contributed by atoms with Crippen LogP contribution in [0.2, 0.25) is 0 Å². The third-order valence-electron chi connectivity index (χ3n) is 1.50. The maximum absolute atomic E-state index is 9.98. The molecule has 10 heteroatoms. The molecule has 0 bridgehead atoms. The van der Waals surface area contributed by atoms with Gasteiger partial charge in [0, 0.05) is 0 Å². The number of carbonyl (C=O) groups is 1. The summed E-state index contributed by atoms with van der Waals surface area (Å²) in [4.78, 5) is 9.98. The standard InChI is InChI=1S/C6H12O7.ClH.K.Na/c7-1-2(8)3(9)4(10)5(11)6(12)13;;;/h2-5,7-11H,1H2,(H,12,13);1H;;/q;;2*+1/p-2/t2-,3-,4+,5-;;;/m1.../s1. The number of aliphatic hydroxyl groups is 5. The predicted octanol–water partition coefficient (Wildman–Crippen LogP) is -13.8. The summed E-state index contributed by atoms with van der Waals surface area (Å²) >= 11 is 0. The van der Waals surface area contributed by atoms with E-state index < -0.39 is 37.0 Å². The zero-order valence-corrected chi connectivity index (χ0v) is 14.8. The van der Waals surface area contributed by atoms with Crippen LogP contribution < -0.4 is 98.5 Å². The Balaban J connectivity index is -0.000000240. The third-order valence-corrected chi connectivity index (χ3v) is 1.50. The molecule has 0 spiro atoms. The van der Waals surface area contributed by atoms with Crippen molar-refractivity contribution in [1.29, 1.82) is 0 Å². The summed E-state index contributed by atoms with van der Waals surface area (Å²) < 4.78 is 0. The first kappa shape index (κ1) is 26.7. The molecule has 0 aliphatic carbocycles. The van der Waals surface area contributed by atoms with Crippen molar-refractivity contribution in [2.75, 3.05) is 6.61 Å². The van der Waals surface area contributed by atoms with Gasteiger partial charge in [-0.15, -0.1) is 0 Å². The summed E-state index contributed by atoms with van der Waals surface area (Å²) in [6.45, 7) is -0.863. The fourth-order valence-corrected chi connectivity index (χ4v) is 0.662. The Bertz CT molecular complexity index is 186. The van der Waals surface area contributed by atoms with Gasteiger partial charge in [-0.25, -0.2) is 0 Å². The summed E-state index contributed by atoms with van der Waals surface area (Å²) in [6.07, 6.45) is -8.08. The Labute approximate surface area is 163 Å². The quantitative estimate of drug-likeness (QED) is 0.317. The molecule has 86 valence electrons. The SMILES string of the molecule is O=C([O-])[C@H](O)[C@@H](O)[C@H](O)[C@H](O)CO.[Cl-].[K+].[Na+]. The second-order valence-corrected chi connectivity index (χ2v) is 2.49. The van der Waals surface area contributed by atoms with Gasteiger partial charge in [-0.2, -0.15) is 0 Å². The molecule has 0 aliphatic heterocycles. The minimum absolute atomic E-state index is 0. The first-order valence-electron chi connectivity index (χ1n) is 3.45. The van der Waals surface area contributed by atoms with E-state index in [1.807, 2.05) is 0 Å². The van der Waals surface area contributed by atoms with Crippen LogP contribution in [0.25, 0.3) is 0 Å². The zero-order chi connectivity index (χ0) is 10.6. The van der Waals surface area contributed by atoms with E-state index in [1.165, 1.54) is 0 Å². The van der Waals surface area contributed by atoms with E-state index in [2.05, 4.69) is 0 Å². The van der Waals surface area contributed by atoms with Gasteiger partial charge in [0.15, 0.2) is 0 Å². The molecular formula is C6H11ClKNaO7. The largest absolute Gasteiger partial charge is 1.00 e. The molecule has 0 amide bonds. The molecule has 0 aromatic carbocycles. The molecule has 0 unspecified atom stereocenters. The molecule has 0 radical (unpaired) electrons. The summed E-state index contributed by atoms with van der Waals surface area (Å²) in [7, 11) is 0. The first-order chi connectivity index (χ1) is 5.91. The van der Waals surface area contributed by atoms with Crippen LogP contribution in [-0.2, 0) is 4.79 Å². The van der Waals surface area contributed by atoms with Crippen LogP contribution in [0.1, 0.15) is 0 Å². The van der Waals surface area contributed by atoms with Crippen molar-refractivity contribution in [2.24, 2.45) is 0 Å². The van der Waals surface area contributed by atoms with Crippen LogP contribution >= 0.6 is 0 Å². The molecular weight excluding hydrogens is 282 g/mol. The van der Waals surface area contributed by atoms with Gasteiger partial charge in [0.05, 0.1) is 12.6 Å². The average molecular weight is 293 g/mol. The Hall–Kier alpha value is 2.20. The predicted molar refractivity (Wildman–Crippen MR) is 36.1 cm³/mol. The van der Waals surface area contributed by atoms with Gasteiger partial charge in [0.25, 0.3) is 0 Å². The zero-order valence-electron chi connectivity index (χ0n) is 8.95. The van der Waals surface area contributed by atoms with Gasteiger partial charge < -0.3 is 47.8 Å². The Morgan fingerprint density at radius 3 is 1.75 bits per heavy atom. The van der Waals surface area contributed by atoms with Crippen LogP contribution in [0.15, 0.2) is 0 Å². The fraction of sp³-hybridized carbons (Fsp3) is 0.833. The van der Waals surface area contributed by atoms with Crippen molar-refractivity contribution in [3.8, 4) is 0 Å². The monoisotopic (exact) mass is 292 g/mol. The molecule has 0 aromatic rings. The summed E-state index contributed by atoms with van der Waals surface area (Å²) in [5, 5.41) is 53.4. The van der Waals surface area contributed by atoms with E-state index in [9.17, 15) is 9.90 Å². The van der Waals surface area contributed by atoms with Crippen molar-refractivity contribution < 1.29 is 129 Å². The van der Waals surface area contributed by atoms with Crippen LogP contribution in [-0.4, -0.2) is 62.5 Å². The molecule has 0 saturated carbocycles. The van der Waals surface area contributed by atoms with Crippen molar-refractivity contribution in [3.63, 3.8) is 0 Å². The van der Waals surface area contributed by atoms with Crippen molar-refractivity contribution in [1.82, 2.24) is 0 Å². The average Bonchev–Trinajstić information content (AvgIpc) is 2.12. The number of aliphatic hydroxyl groups excluding tert-OH is 5. The molecule has 0 fully saturated rings. The second kappa shape index (κ2) is 13.6. The molecule has 0 aromatic heterocycles. The van der Waals surface area contributed by atoms with E-state index in [0.717, 1.165) is 0 Å². The number of halogens is 1. The first-order valence-corrected chi connectivity index (χ1v) is 3.45. The molecule has 7 nitrogen and oxygen atoms in total. The fourth-order valence-electron chi connectivity index (χ4n) is 0.662. The van der Waals surface area contributed by atoms with Gasteiger partial charge in [0.1, 0.15) is 24.4 Å². The van der Waals surface area contributed by atoms with E-state index >= 15 is 0 Å². The smallest absolute Gasteiger partial charge is 1.00 e. The number of carboxylic acids is 1. The van der Waals surface area contributed by atoms with Gasteiger partial charge >= 0.3 is 80.9 Å². The number of carboxylic acid groups (broad SMARTS) is 1. The molecule has 4 atom stereocenters. The van der Waals surface area contributed by atoms with E-state index in [1.54, 1.807) is 0 Å². The molecule has 5 N–H and O–H groups in total. The second-order valence-electron chi connectivity index (χ2n) is 2.49. The van der Waals surface area contributed by atoms with Crippen molar-refractivity contribution in [2.45, 2.75) is 24.4 Å². The van der Waals surface area contributed by atoms with E-state index in [4.69, 9.17) is 25.5 Å². The molecule has 0 rings (SSSR count). The molecule has 0 saturated heterocycles. The summed E-state index contributed by atoms with van der Waals surface area (Å²) in [5.74, 6) is -1.98. The van der Waals surface area contributed by atoms with Crippen molar-refractivity contribution in [3.05, 3.63) is 0 Å². The Morgan fingerprint density at radius 1 is 1.12 bits per heavy atom. The van der Waals surface area contributed by atoms with E-state index in [0.29, 0.717) is 0 Å². The maximum atomic E-state index is 9.98. The minimum atomic E-state index is -2.31.